The van der Waals surface area contributed by atoms with Gasteiger partial charge in [0.05, 0.1) is 0 Å². The fourth-order valence-corrected chi connectivity index (χ4v) is 2.41. The number of hydrogen-bond donors (Lipinski definition) is 2. The molecule has 96 valence electrons. The van der Waals surface area contributed by atoms with Crippen LogP contribution < -0.4 is 5.73 Å². The van der Waals surface area contributed by atoms with Crippen molar-refractivity contribution < 1.29 is 5.11 Å². The maximum Gasteiger partial charge on any atom is 0.115 e. The van der Waals surface area contributed by atoms with Crippen LogP contribution >= 0.6 is 0 Å². The maximum atomic E-state index is 9.33. The smallest absolute Gasteiger partial charge is 0.115 e. The van der Waals surface area contributed by atoms with Gasteiger partial charge in [0, 0.05) is 24.3 Å². The van der Waals surface area contributed by atoms with Gasteiger partial charge in [0.15, 0.2) is 0 Å². The van der Waals surface area contributed by atoms with Crippen LogP contribution in [-0.2, 0) is 13.1 Å². The van der Waals surface area contributed by atoms with Gasteiger partial charge in [0.2, 0.25) is 0 Å². The van der Waals surface area contributed by atoms with Gasteiger partial charge in [0.25, 0.3) is 0 Å². The minimum atomic E-state index is 0.292. The van der Waals surface area contributed by atoms with Gasteiger partial charge in [-0.25, -0.2) is 0 Å². The van der Waals surface area contributed by atoms with Gasteiger partial charge in [-0.1, -0.05) is 30.3 Å². The molecule has 0 aliphatic heterocycles. The molecule has 1 aromatic heterocycles. The van der Waals surface area contributed by atoms with Crippen LogP contribution in [0, 0.1) is 0 Å². The zero-order valence-corrected chi connectivity index (χ0v) is 10.6. The molecule has 0 bridgehead atoms. The fourth-order valence-electron chi connectivity index (χ4n) is 2.41. The van der Waals surface area contributed by atoms with Crippen molar-refractivity contribution in [1.82, 2.24) is 4.57 Å². The summed E-state index contributed by atoms with van der Waals surface area (Å²) in [6, 6.07) is 17.7. The zero-order chi connectivity index (χ0) is 13.2. The minimum Gasteiger partial charge on any atom is -0.508 e. The number of rotatable bonds is 3. The Bertz CT molecular complexity index is 698. The highest BCUT2D eigenvalue weighted by molar-refractivity contribution is 5.81. The lowest BCUT2D eigenvalue weighted by molar-refractivity contribution is 0.475. The van der Waals surface area contributed by atoms with Crippen LogP contribution in [0.15, 0.2) is 54.6 Å². The van der Waals surface area contributed by atoms with Crippen molar-refractivity contribution in [3.05, 3.63) is 65.9 Å². The Labute approximate surface area is 111 Å². The molecule has 0 aliphatic rings. The zero-order valence-electron chi connectivity index (χ0n) is 10.6. The first-order chi connectivity index (χ1) is 9.28. The molecule has 0 aliphatic carbocycles. The number of aromatic hydroxyl groups is 1. The first-order valence-corrected chi connectivity index (χ1v) is 6.33. The van der Waals surface area contributed by atoms with Crippen LogP contribution in [0.4, 0.5) is 0 Å². The van der Waals surface area contributed by atoms with Gasteiger partial charge < -0.3 is 15.4 Å². The van der Waals surface area contributed by atoms with E-state index in [-0.39, 0.29) is 0 Å². The molecule has 0 radical (unpaired) electrons. The molecule has 0 spiro atoms. The van der Waals surface area contributed by atoms with Gasteiger partial charge >= 0.3 is 0 Å². The Morgan fingerprint density at radius 1 is 1.00 bits per heavy atom. The topological polar surface area (TPSA) is 51.2 Å². The van der Waals surface area contributed by atoms with Gasteiger partial charge in [-0.15, -0.1) is 0 Å². The van der Waals surface area contributed by atoms with E-state index in [4.69, 9.17) is 5.73 Å². The third-order valence-electron chi connectivity index (χ3n) is 3.38. The standard InChI is InChI=1S/C16H16N2O/c17-10-14-9-13-3-1-2-4-16(13)18(14)11-12-5-7-15(19)8-6-12/h1-9,19H,10-11,17H2. The van der Waals surface area contributed by atoms with Crippen LogP contribution in [0.1, 0.15) is 11.3 Å². The van der Waals surface area contributed by atoms with Crippen LogP contribution in [0.2, 0.25) is 0 Å². The summed E-state index contributed by atoms with van der Waals surface area (Å²) < 4.78 is 2.22. The van der Waals surface area contributed by atoms with Crippen molar-refractivity contribution in [2.45, 2.75) is 13.1 Å². The fraction of sp³-hybridized carbons (Fsp3) is 0.125. The number of benzene rings is 2. The van der Waals surface area contributed by atoms with E-state index in [1.165, 1.54) is 10.9 Å². The molecule has 3 heteroatoms. The van der Waals surface area contributed by atoms with Crippen molar-refractivity contribution in [2.75, 3.05) is 0 Å². The average Bonchev–Trinajstić information content (AvgIpc) is 2.79. The van der Waals surface area contributed by atoms with E-state index in [2.05, 4.69) is 22.8 Å². The first-order valence-electron chi connectivity index (χ1n) is 6.33. The van der Waals surface area contributed by atoms with Crippen LogP contribution in [0.25, 0.3) is 10.9 Å². The summed E-state index contributed by atoms with van der Waals surface area (Å²) in [5.74, 6) is 0.292. The van der Waals surface area contributed by atoms with Gasteiger partial charge in [-0.2, -0.15) is 0 Å². The number of aromatic nitrogens is 1. The summed E-state index contributed by atoms with van der Waals surface area (Å²) in [4.78, 5) is 0. The van der Waals surface area contributed by atoms with Crippen molar-refractivity contribution in [1.29, 1.82) is 0 Å². The number of fused-ring (bicyclic) bond motifs is 1. The number of nitrogens with two attached hydrogens (primary N) is 1. The van der Waals surface area contributed by atoms with E-state index < -0.39 is 0 Å². The molecule has 3 rings (SSSR count). The molecule has 0 atom stereocenters. The summed E-state index contributed by atoms with van der Waals surface area (Å²) in [5, 5.41) is 10.5. The van der Waals surface area contributed by atoms with Crippen molar-refractivity contribution in [3.63, 3.8) is 0 Å². The predicted molar refractivity (Wildman–Crippen MR) is 77.0 cm³/mol. The molecule has 3 N–H and O–H groups in total. The van der Waals surface area contributed by atoms with Crippen molar-refractivity contribution >= 4 is 10.9 Å². The molecule has 0 fully saturated rings. The Balaban J connectivity index is 2.06. The predicted octanol–water partition coefficient (Wildman–Crippen LogP) is 2.85. The highest BCUT2D eigenvalue weighted by atomic mass is 16.3. The second-order valence-electron chi connectivity index (χ2n) is 4.65. The van der Waals surface area contributed by atoms with Crippen LogP contribution in [0.3, 0.4) is 0 Å². The molecule has 0 amide bonds. The second kappa shape index (κ2) is 4.78. The molecule has 3 aromatic rings. The molecular formula is C16H16N2O. The largest absolute Gasteiger partial charge is 0.508 e. The molecule has 1 heterocycles. The van der Waals surface area contributed by atoms with E-state index in [0.29, 0.717) is 12.3 Å². The van der Waals surface area contributed by atoms with E-state index in [1.807, 2.05) is 24.3 Å². The normalized spacial score (nSPS) is 11.0. The lowest BCUT2D eigenvalue weighted by Gasteiger charge is -2.10. The van der Waals surface area contributed by atoms with Gasteiger partial charge in [-0.3, -0.25) is 0 Å². The number of phenolic OH excluding ortho intramolecular Hbond substituents is 1. The maximum absolute atomic E-state index is 9.33. The molecular weight excluding hydrogens is 236 g/mol. The summed E-state index contributed by atoms with van der Waals surface area (Å²) in [6.07, 6.45) is 0. The average molecular weight is 252 g/mol. The van der Waals surface area contributed by atoms with Crippen LogP contribution in [-0.4, -0.2) is 9.67 Å². The Morgan fingerprint density at radius 2 is 1.74 bits per heavy atom. The molecule has 3 nitrogen and oxygen atoms in total. The first kappa shape index (κ1) is 11.8. The Morgan fingerprint density at radius 3 is 2.47 bits per heavy atom. The lowest BCUT2D eigenvalue weighted by atomic mass is 10.2. The minimum absolute atomic E-state index is 0.292. The molecule has 0 unspecified atom stereocenters. The quantitative estimate of drug-likeness (QED) is 0.753. The SMILES string of the molecule is NCc1cc2ccccc2n1Cc1ccc(O)cc1. The van der Waals surface area contributed by atoms with Crippen molar-refractivity contribution in [2.24, 2.45) is 5.73 Å². The number of hydrogen-bond acceptors (Lipinski definition) is 2. The van der Waals surface area contributed by atoms with E-state index >= 15 is 0 Å². The summed E-state index contributed by atoms with van der Waals surface area (Å²) in [6.45, 7) is 1.28. The van der Waals surface area contributed by atoms with E-state index in [1.54, 1.807) is 12.1 Å². The van der Waals surface area contributed by atoms with Gasteiger partial charge in [-0.05, 0) is 35.2 Å². The Kier molecular flexibility index (Phi) is 2.97. The lowest BCUT2D eigenvalue weighted by Crippen LogP contribution is -2.08. The third-order valence-corrected chi connectivity index (χ3v) is 3.38. The second-order valence-corrected chi connectivity index (χ2v) is 4.65. The van der Waals surface area contributed by atoms with E-state index in [0.717, 1.165) is 17.8 Å². The molecule has 0 saturated carbocycles. The van der Waals surface area contributed by atoms with E-state index in [9.17, 15) is 5.11 Å². The highest BCUT2D eigenvalue weighted by Crippen LogP contribution is 2.21. The summed E-state index contributed by atoms with van der Waals surface area (Å²) in [5.41, 5.74) is 9.29. The monoisotopic (exact) mass is 252 g/mol. The van der Waals surface area contributed by atoms with Crippen LogP contribution in [0.5, 0.6) is 5.75 Å². The summed E-state index contributed by atoms with van der Waals surface area (Å²) in [7, 11) is 0. The summed E-state index contributed by atoms with van der Waals surface area (Å²) >= 11 is 0. The Hall–Kier alpha value is -2.26. The molecule has 2 aromatic carbocycles. The number of nitrogens with zero attached hydrogens (tertiary/aromatic N) is 1. The molecule has 0 saturated heterocycles. The number of para-hydroxylation sites is 1. The van der Waals surface area contributed by atoms with Gasteiger partial charge in [0.1, 0.15) is 5.75 Å². The molecule has 19 heavy (non-hydrogen) atoms. The third kappa shape index (κ3) is 2.20. The number of phenols is 1. The highest BCUT2D eigenvalue weighted by Gasteiger charge is 2.07. The van der Waals surface area contributed by atoms with Crippen molar-refractivity contribution in [3.8, 4) is 5.75 Å².